The van der Waals surface area contributed by atoms with Gasteiger partial charge in [-0.3, -0.25) is 9.59 Å². The number of para-hydroxylation sites is 1. The fourth-order valence-electron chi connectivity index (χ4n) is 3.46. The number of rotatable bonds is 3. The smallest absolute Gasteiger partial charge is 0.262 e. The summed E-state index contributed by atoms with van der Waals surface area (Å²) in [5.41, 5.74) is 1.10. The van der Waals surface area contributed by atoms with E-state index < -0.39 is 0 Å². The van der Waals surface area contributed by atoms with Crippen molar-refractivity contribution in [3.05, 3.63) is 23.8 Å². The molecule has 1 N–H and O–H groups in total. The molecule has 0 unspecified atom stereocenters. The van der Waals surface area contributed by atoms with Gasteiger partial charge in [0.2, 0.25) is 0 Å². The molecule has 1 saturated heterocycles. The summed E-state index contributed by atoms with van der Waals surface area (Å²) < 4.78 is 5.51. The average Bonchev–Trinajstić information content (AvgIpc) is 2.98. The second-order valence-corrected chi connectivity index (χ2v) is 6.43. The van der Waals surface area contributed by atoms with E-state index in [1.165, 1.54) is 0 Å². The number of amides is 2. The van der Waals surface area contributed by atoms with Crippen molar-refractivity contribution in [2.75, 3.05) is 39.1 Å². The van der Waals surface area contributed by atoms with Crippen LogP contribution in [0.15, 0.2) is 18.2 Å². The number of nitrogens with one attached hydrogen (secondary N) is 1. The van der Waals surface area contributed by atoms with Crippen molar-refractivity contribution in [3.8, 4) is 5.75 Å². The quantitative estimate of drug-likeness (QED) is 0.916. The number of benzene rings is 1. The van der Waals surface area contributed by atoms with E-state index in [4.69, 9.17) is 4.74 Å². The molecule has 2 amide bonds. The van der Waals surface area contributed by atoms with Crippen LogP contribution in [-0.4, -0.2) is 61.4 Å². The van der Waals surface area contributed by atoms with Crippen LogP contribution < -0.4 is 10.1 Å². The minimum atomic E-state index is -0.193. The van der Waals surface area contributed by atoms with Crippen LogP contribution in [0.3, 0.4) is 0 Å². The Hall–Kier alpha value is -2.08. The highest BCUT2D eigenvalue weighted by molar-refractivity contribution is 6.03. The number of nitrogens with zero attached hydrogens (tertiary/aromatic N) is 2. The Balaban J connectivity index is 1.85. The summed E-state index contributed by atoms with van der Waals surface area (Å²) in [6.45, 7) is 3.60. The minimum absolute atomic E-state index is 0.0270. The lowest BCUT2D eigenvalue weighted by molar-refractivity contribution is -0.118. The number of ether oxygens (including phenoxy) is 1. The molecule has 124 valence electrons. The molecule has 1 fully saturated rings. The summed E-state index contributed by atoms with van der Waals surface area (Å²) in [5.74, 6) is 0.746. The molecule has 0 spiro atoms. The molecule has 0 aliphatic carbocycles. The Morgan fingerprint density at radius 1 is 1.39 bits per heavy atom. The standard InChI is InChI=1S/C17H23N3O3/c1-4-11-8-20(9-14(11)19(2)3)17(22)12-6-5-7-13-16(12)23-10-15(21)18-13/h5-7,11,14H,4,8-10H2,1-3H3,(H,18,21)/t11-,14-/m1/s1. The van der Waals surface area contributed by atoms with Crippen LogP contribution in [-0.2, 0) is 4.79 Å². The van der Waals surface area contributed by atoms with Crippen molar-refractivity contribution in [3.63, 3.8) is 0 Å². The SMILES string of the molecule is CC[C@@H]1CN(C(=O)c2cccc3c2OCC(=O)N3)C[C@H]1N(C)C. The molecule has 1 aromatic carbocycles. The summed E-state index contributed by atoms with van der Waals surface area (Å²) in [6.07, 6.45) is 1.05. The number of likely N-dealkylation sites (N-methyl/N-ethyl adjacent to an activating group) is 1. The van der Waals surface area contributed by atoms with Crippen LogP contribution >= 0.6 is 0 Å². The third kappa shape index (κ3) is 2.91. The van der Waals surface area contributed by atoms with E-state index in [0.29, 0.717) is 29.0 Å². The summed E-state index contributed by atoms with van der Waals surface area (Å²) in [5, 5.41) is 2.75. The molecule has 2 aliphatic heterocycles. The molecular weight excluding hydrogens is 294 g/mol. The molecular formula is C17H23N3O3. The summed E-state index contributed by atoms with van der Waals surface area (Å²) in [7, 11) is 4.12. The predicted molar refractivity (Wildman–Crippen MR) is 87.7 cm³/mol. The summed E-state index contributed by atoms with van der Waals surface area (Å²) >= 11 is 0. The Labute approximate surface area is 136 Å². The van der Waals surface area contributed by atoms with Crippen molar-refractivity contribution in [1.82, 2.24) is 9.80 Å². The highest BCUT2D eigenvalue weighted by Gasteiger charge is 2.37. The van der Waals surface area contributed by atoms with Gasteiger partial charge in [0.15, 0.2) is 12.4 Å². The Morgan fingerprint density at radius 3 is 2.83 bits per heavy atom. The monoisotopic (exact) mass is 317 g/mol. The first-order valence-electron chi connectivity index (χ1n) is 8.02. The lowest BCUT2D eigenvalue weighted by atomic mass is 10.0. The fourth-order valence-corrected chi connectivity index (χ4v) is 3.46. The van der Waals surface area contributed by atoms with Crippen LogP contribution in [0.5, 0.6) is 5.75 Å². The van der Waals surface area contributed by atoms with Crippen molar-refractivity contribution >= 4 is 17.5 Å². The second kappa shape index (κ2) is 6.20. The molecule has 1 aromatic rings. The number of fused-ring (bicyclic) bond motifs is 1. The first-order chi connectivity index (χ1) is 11.0. The van der Waals surface area contributed by atoms with Gasteiger partial charge in [-0.1, -0.05) is 19.4 Å². The first-order valence-corrected chi connectivity index (χ1v) is 8.02. The van der Waals surface area contributed by atoms with E-state index >= 15 is 0 Å². The number of carbonyl (C=O) groups is 2. The lowest BCUT2D eigenvalue weighted by Crippen LogP contribution is -2.36. The molecule has 6 heteroatoms. The fraction of sp³-hybridized carbons (Fsp3) is 0.529. The van der Waals surface area contributed by atoms with Crippen LogP contribution in [0, 0.1) is 5.92 Å². The molecule has 3 rings (SSSR count). The van der Waals surface area contributed by atoms with Gasteiger partial charge in [-0.25, -0.2) is 0 Å². The minimum Gasteiger partial charge on any atom is -0.481 e. The van der Waals surface area contributed by atoms with Crippen molar-refractivity contribution in [1.29, 1.82) is 0 Å². The zero-order valence-corrected chi connectivity index (χ0v) is 13.8. The van der Waals surface area contributed by atoms with Crippen molar-refractivity contribution in [2.45, 2.75) is 19.4 Å². The van der Waals surface area contributed by atoms with Gasteiger partial charge in [-0.2, -0.15) is 0 Å². The van der Waals surface area contributed by atoms with E-state index in [-0.39, 0.29) is 18.4 Å². The lowest BCUT2D eigenvalue weighted by Gasteiger charge is -2.24. The normalized spacial score (nSPS) is 23.5. The van der Waals surface area contributed by atoms with E-state index in [9.17, 15) is 9.59 Å². The van der Waals surface area contributed by atoms with E-state index in [1.807, 2.05) is 4.90 Å². The largest absolute Gasteiger partial charge is 0.481 e. The van der Waals surface area contributed by atoms with Gasteiger partial charge >= 0.3 is 0 Å². The topological polar surface area (TPSA) is 61.9 Å². The zero-order valence-electron chi connectivity index (χ0n) is 13.8. The molecule has 0 saturated carbocycles. The number of hydrogen-bond acceptors (Lipinski definition) is 4. The maximum Gasteiger partial charge on any atom is 0.262 e. The molecule has 0 aromatic heterocycles. The highest BCUT2D eigenvalue weighted by Crippen LogP contribution is 2.34. The van der Waals surface area contributed by atoms with Crippen LogP contribution in [0.4, 0.5) is 5.69 Å². The maximum absolute atomic E-state index is 12.9. The van der Waals surface area contributed by atoms with Gasteiger partial charge < -0.3 is 19.9 Å². The Kier molecular flexibility index (Phi) is 4.26. The third-order valence-electron chi connectivity index (χ3n) is 4.75. The van der Waals surface area contributed by atoms with E-state index in [2.05, 4.69) is 31.2 Å². The summed E-state index contributed by atoms with van der Waals surface area (Å²) in [6, 6.07) is 5.68. The molecule has 6 nitrogen and oxygen atoms in total. The third-order valence-corrected chi connectivity index (χ3v) is 4.75. The molecule has 2 atom stereocenters. The van der Waals surface area contributed by atoms with Crippen molar-refractivity contribution < 1.29 is 14.3 Å². The van der Waals surface area contributed by atoms with Crippen molar-refractivity contribution in [2.24, 2.45) is 5.92 Å². The number of hydrogen-bond donors (Lipinski definition) is 1. The van der Waals surface area contributed by atoms with E-state index in [0.717, 1.165) is 19.5 Å². The molecule has 0 bridgehead atoms. The molecule has 0 radical (unpaired) electrons. The first kappa shape index (κ1) is 15.8. The average molecular weight is 317 g/mol. The van der Waals surface area contributed by atoms with Gasteiger partial charge in [0, 0.05) is 19.1 Å². The van der Waals surface area contributed by atoms with Gasteiger partial charge in [-0.15, -0.1) is 0 Å². The predicted octanol–water partition coefficient (Wildman–Crippen LogP) is 1.43. The summed E-state index contributed by atoms with van der Waals surface area (Å²) in [4.78, 5) is 28.5. The van der Waals surface area contributed by atoms with Gasteiger partial charge in [0.1, 0.15) is 0 Å². The molecule has 2 heterocycles. The van der Waals surface area contributed by atoms with E-state index in [1.54, 1.807) is 18.2 Å². The number of carbonyl (C=O) groups excluding carboxylic acids is 2. The van der Waals surface area contributed by atoms with Crippen LogP contribution in [0.1, 0.15) is 23.7 Å². The Morgan fingerprint density at radius 2 is 2.17 bits per heavy atom. The molecule has 23 heavy (non-hydrogen) atoms. The zero-order chi connectivity index (χ0) is 16.6. The van der Waals surface area contributed by atoms with Gasteiger partial charge in [0.05, 0.1) is 11.3 Å². The Bertz CT molecular complexity index is 630. The van der Waals surface area contributed by atoms with Crippen LogP contribution in [0.2, 0.25) is 0 Å². The maximum atomic E-state index is 12.9. The van der Waals surface area contributed by atoms with Crippen LogP contribution in [0.25, 0.3) is 0 Å². The highest BCUT2D eigenvalue weighted by atomic mass is 16.5. The number of anilines is 1. The number of likely N-dealkylation sites (tertiary alicyclic amines) is 1. The molecule has 2 aliphatic rings. The second-order valence-electron chi connectivity index (χ2n) is 6.43. The van der Waals surface area contributed by atoms with Gasteiger partial charge in [-0.05, 0) is 32.1 Å². The van der Waals surface area contributed by atoms with Gasteiger partial charge in [0.25, 0.3) is 11.8 Å².